The van der Waals surface area contributed by atoms with Gasteiger partial charge in [-0.25, -0.2) is 0 Å². The molecule has 3 nitrogen and oxygen atoms in total. The number of rotatable bonds is 4. The van der Waals surface area contributed by atoms with E-state index in [1.807, 2.05) is 10.6 Å². The van der Waals surface area contributed by atoms with E-state index in [-0.39, 0.29) is 5.56 Å². The second kappa shape index (κ2) is 5.05. The zero-order chi connectivity index (χ0) is 12.4. The summed E-state index contributed by atoms with van der Waals surface area (Å²) in [6.07, 6.45) is 3.73. The van der Waals surface area contributed by atoms with E-state index >= 15 is 0 Å². The van der Waals surface area contributed by atoms with E-state index in [0.717, 1.165) is 12.1 Å². The Hall–Kier alpha value is -1.09. The molecule has 0 radical (unpaired) electrons. The fourth-order valence-electron chi connectivity index (χ4n) is 2.41. The van der Waals surface area contributed by atoms with Crippen molar-refractivity contribution >= 4 is 0 Å². The molecule has 2 rings (SSSR count). The molecule has 0 atom stereocenters. The Bertz CT molecular complexity index is 444. The minimum atomic E-state index is 0.116. The topological polar surface area (TPSA) is 48.0 Å². The first-order valence-electron chi connectivity index (χ1n) is 6.56. The molecule has 0 unspecified atom stereocenters. The molecule has 1 saturated carbocycles. The lowest BCUT2D eigenvalue weighted by atomic mass is 9.82. The Morgan fingerprint density at radius 3 is 2.59 bits per heavy atom. The van der Waals surface area contributed by atoms with Crippen molar-refractivity contribution in [2.75, 3.05) is 0 Å². The van der Waals surface area contributed by atoms with Crippen molar-refractivity contribution in [2.24, 2.45) is 11.7 Å². The summed E-state index contributed by atoms with van der Waals surface area (Å²) in [7, 11) is 0. The van der Waals surface area contributed by atoms with Gasteiger partial charge in [0.2, 0.25) is 0 Å². The second-order valence-electron chi connectivity index (χ2n) is 5.42. The van der Waals surface area contributed by atoms with Crippen LogP contribution < -0.4 is 11.3 Å². The number of pyridine rings is 1. The monoisotopic (exact) mass is 234 g/mol. The third-order valence-corrected chi connectivity index (χ3v) is 3.58. The lowest BCUT2D eigenvalue weighted by Crippen LogP contribution is -2.31. The smallest absolute Gasteiger partial charge is 0.255 e. The van der Waals surface area contributed by atoms with Crippen molar-refractivity contribution in [3.8, 4) is 0 Å². The Labute approximate surface area is 103 Å². The Morgan fingerprint density at radius 1 is 1.41 bits per heavy atom. The van der Waals surface area contributed by atoms with Gasteiger partial charge in [-0.05, 0) is 30.7 Å². The van der Waals surface area contributed by atoms with Crippen molar-refractivity contribution in [1.29, 1.82) is 0 Å². The van der Waals surface area contributed by atoms with Crippen molar-refractivity contribution < 1.29 is 0 Å². The third-order valence-electron chi connectivity index (χ3n) is 3.58. The fourth-order valence-corrected chi connectivity index (χ4v) is 2.41. The van der Waals surface area contributed by atoms with Crippen LogP contribution in [0.1, 0.15) is 50.3 Å². The van der Waals surface area contributed by atoms with Gasteiger partial charge in [0.1, 0.15) is 0 Å². The van der Waals surface area contributed by atoms with Gasteiger partial charge < -0.3 is 10.3 Å². The van der Waals surface area contributed by atoms with Gasteiger partial charge in [-0.2, -0.15) is 0 Å². The van der Waals surface area contributed by atoms with E-state index in [9.17, 15) is 4.79 Å². The molecule has 1 aliphatic carbocycles. The predicted octanol–water partition coefficient (Wildman–Crippen LogP) is 2.23. The molecule has 3 heteroatoms. The SMILES string of the molecule is CC(C)Cn1c(C2CCC2)ccc(CN)c1=O. The van der Waals surface area contributed by atoms with Crippen molar-refractivity contribution in [2.45, 2.75) is 52.1 Å². The maximum Gasteiger partial charge on any atom is 0.255 e. The zero-order valence-electron chi connectivity index (χ0n) is 10.8. The molecular formula is C14H22N2O. The number of hydrogen-bond acceptors (Lipinski definition) is 2. The quantitative estimate of drug-likeness (QED) is 0.868. The highest BCUT2D eigenvalue weighted by molar-refractivity contribution is 5.20. The highest BCUT2D eigenvalue weighted by Gasteiger charge is 2.23. The molecule has 1 aromatic rings. The third kappa shape index (κ3) is 2.44. The number of hydrogen-bond donors (Lipinski definition) is 1. The van der Waals surface area contributed by atoms with E-state index in [1.165, 1.54) is 25.0 Å². The number of aromatic nitrogens is 1. The van der Waals surface area contributed by atoms with Crippen LogP contribution in [0.4, 0.5) is 0 Å². The molecular weight excluding hydrogens is 212 g/mol. The first-order valence-corrected chi connectivity index (χ1v) is 6.56. The van der Waals surface area contributed by atoms with Gasteiger partial charge in [0.15, 0.2) is 0 Å². The normalized spacial score (nSPS) is 16.2. The van der Waals surface area contributed by atoms with Gasteiger partial charge in [-0.1, -0.05) is 26.3 Å². The van der Waals surface area contributed by atoms with Gasteiger partial charge in [0.05, 0.1) is 0 Å². The molecule has 0 bridgehead atoms. The molecule has 0 aliphatic heterocycles. The van der Waals surface area contributed by atoms with E-state index in [4.69, 9.17) is 5.73 Å². The molecule has 2 N–H and O–H groups in total. The molecule has 0 spiro atoms. The minimum absolute atomic E-state index is 0.116. The van der Waals surface area contributed by atoms with Crippen LogP contribution >= 0.6 is 0 Å². The summed E-state index contributed by atoms with van der Waals surface area (Å²) < 4.78 is 1.96. The summed E-state index contributed by atoms with van der Waals surface area (Å²) in [5, 5.41) is 0. The summed E-state index contributed by atoms with van der Waals surface area (Å²) in [4.78, 5) is 12.3. The lowest BCUT2D eigenvalue weighted by molar-refractivity contribution is 0.378. The van der Waals surface area contributed by atoms with Crippen molar-refractivity contribution in [1.82, 2.24) is 4.57 Å². The summed E-state index contributed by atoms with van der Waals surface area (Å²) in [6.45, 7) is 5.43. The standard InChI is InChI=1S/C14H22N2O/c1-10(2)9-16-13(11-4-3-5-11)7-6-12(8-15)14(16)17/h6-7,10-11H,3-5,8-9,15H2,1-2H3. The van der Waals surface area contributed by atoms with Gasteiger partial charge in [-0.15, -0.1) is 0 Å². The first kappa shape index (κ1) is 12.4. The van der Waals surface area contributed by atoms with Crippen LogP contribution in [-0.4, -0.2) is 4.57 Å². The highest BCUT2D eigenvalue weighted by atomic mass is 16.1. The van der Waals surface area contributed by atoms with Gasteiger partial charge >= 0.3 is 0 Å². The van der Waals surface area contributed by atoms with Crippen LogP contribution in [0.15, 0.2) is 16.9 Å². The molecule has 0 amide bonds. The summed E-state index contributed by atoms with van der Waals surface area (Å²) in [5.41, 5.74) is 7.67. The van der Waals surface area contributed by atoms with E-state index in [2.05, 4.69) is 19.9 Å². The molecule has 1 fully saturated rings. The van der Waals surface area contributed by atoms with Crippen LogP contribution in [0.5, 0.6) is 0 Å². The van der Waals surface area contributed by atoms with E-state index in [0.29, 0.717) is 18.4 Å². The second-order valence-corrected chi connectivity index (χ2v) is 5.42. The number of nitrogens with two attached hydrogens (primary N) is 1. The van der Waals surface area contributed by atoms with Crippen molar-refractivity contribution in [3.05, 3.63) is 33.7 Å². The Kier molecular flexibility index (Phi) is 3.67. The van der Waals surface area contributed by atoms with E-state index < -0.39 is 0 Å². The summed E-state index contributed by atoms with van der Waals surface area (Å²) >= 11 is 0. The van der Waals surface area contributed by atoms with Crippen LogP contribution in [-0.2, 0) is 13.1 Å². The molecule has 1 heterocycles. The van der Waals surface area contributed by atoms with E-state index in [1.54, 1.807) is 0 Å². The minimum Gasteiger partial charge on any atom is -0.326 e. The fraction of sp³-hybridized carbons (Fsp3) is 0.643. The van der Waals surface area contributed by atoms with Gasteiger partial charge in [-0.3, -0.25) is 4.79 Å². The molecule has 94 valence electrons. The van der Waals surface area contributed by atoms with Crippen LogP contribution in [0, 0.1) is 5.92 Å². The number of nitrogens with zero attached hydrogens (tertiary/aromatic N) is 1. The maximum absolute atomic E-state index is 12.3. The summed E-state index contributed by atoms with van der Waals surface area (Å²) in [6, 6.07) is 4.02. The average molecular weight is 234 g/mol. The summed E-state index contributed by atoms with van der Waals surface area (Å²) in [5.74, 6) is 1.08. The first-order chi connectivity index (χ1) is 8.13. The molecule has 17 heavy (non-hydrogen) atoms. The lowest BCUT2D eigenvalue weighted by Gasteiger charge is -2.29. The van der Waals surface area contributed by atoms with Crippen LogP contribution in [0.3, 0.4) is 0 Å². The zero-order valence-corrected chi connectivity index (χ0v) is 10.8. The van der Waals surface area contributed by atoms with Crippen LogP contribution in [0.25, 0.3) is 0 Å². The van der Waals surface area contributed by atoms with Gasteiger partial charge in [0.25, 0.3) is 5.56 Å². The molecule has 1 aromatic heterocycles. The maximum atomic E-state index is 12.3. The predicted molar refractivity (Wildman–Crippen MR) is 70.0 cm³/mol. The van der Waals surface area contributed by atoms with Gasteiger partial charge in [0, 0.05) is 24.3 Å². The molecule has 1 aliphatic rings. The van der Waals surface area contributed by atoms with Crippen LogP contribution in [0.2, 0.25) is 0 Å². The molecule has 0 saturated heterocycles. The Morgan fingerprint density at radius 2 is 2.12 bits per heavy atom. The highest BCUT2D eigenvalue weighted by Crippen LogP contribution is 2.35. The average Bonchev–Trinajstić information content (AvgIpc) is 2.20. The molecule has 0 aromatic carbocycles. The largest absolute Gasteiger partial charge is 0.326 e. The Balaban J connectivity index is 2.43. The van der Waals surface area contributed by atoms with Crippen molar-refractivity contribution in [3.63, 3.8) is 0 Å².